The fourth-order valence-electron chi connectivity index (χ4n) is 3.76. The van der Waals surface area contributed by atoms with Gasteiger partial charge in [-0.2, -0.15) is 0 Å². The highest BCUT2D eigenvalue weighted by molar-refractivity contribution is 5.96. The normalized spacial score (nSPS) is 17.2. The maximum Gasteiger partial charge on any atom is 0.0801 e. The SMILES string of the molecule is CC1=CC(=NO)CC(c2ccccc2)C1.Cc1cc(N)cc(-c2ccccc2)c1. The van der Waals surface area contributed by atoms with Gasteiger partial charge in [0.2, 0.25) is 0 Å². The molecule has 0 heterocycles. The zero-order valence-corrected chi connectivity index (χ0v) is 17.0. The van der Waals surface area contributed by atoms with E-state index in [0.29, 0.717) is 5.92 Å². The van der Waals surface area contributed by atoms with Gasteiger partial charge in [0.05, 0.1) is 5.71 Å². The van der Waals surface area contributed by atoms with Crippen LogP contribution in [-0.2, 0) is 0 Å². The van der Waals surface area contributed by atoms with E-state index < -0.39 is 0 Å². The minimum Gasteiger partial charge on any atom is -0.411 e. The van der Waals surface area contributed by atoms with E-state index in [1.807, 2.05) is 42.5 Å². The first-order chi connectivity index (χ1) is 14.0. The highest BCUT2D eigenvalue weighted by Gasteiger charge is 2.19. The number of oxime groups is 1. The Bertz CT molecular complexity index is 971. The number of anilines is 1. The van der Waals surface area contributed by atoms with Crippen molar-refractivity contribution >= 4 is 11.4 Å². The van der Waals surface area contributed by atoms with E-state index in [0.717, 1.165) is 24.2 Å². The van der Waals surface area contributed by atoms with E-state index >= 15 is 0 Å². The largest absolute Gasteiger partial charge is 0.411 e. The average molecular weight is 385 g/mol. The molecule has 0 aliphatic heterocycles. The first kappa shape index (κ1) is 20.4. The highest BCUT2D eigenvalue weighted by atomic mass is 16.4. The predicted octanol–water partition coefficient (Wildman–Crippen LogP) is 6.58. The van der Waals surface area contributed by atoms with Crippen LogP contribution in [0.4, 0.5) is 5.69 Å². The summed E-state index contributed by atoms with van der Waals surface area (Å²) in [5, 5.41) is 12.1. The van der Waals surface area contributed by atoms with Gasteiger partial charge in [0, 0.05) is 12.1 Å². The Morgan fingerprint density at radius 3 is 2.10 bits per heavy atom. The number of nitrogen functional groups attached to an aromatic ring is 1. The van der Waals surface area contributed by atoms with Crippen molar-refractivity contribution in [3.63, 3.8) is 0 Å². The number of nitrogens with zero attached hydrogens (tertiary/aromatic N) is 1. The molecule has 1 atom stereocenters. The molecule has 3 aromatic carbocycles. The van der Waals surface area contributed by atoms with Crippen LogP contribution in [0.1, 0.15) is 36.8 Å². The Kier molecular flexibility index (Phi) is 6.85. The molecule has 1 unspecified atom stereocenters. The van der Waals surface area contributed by atoms with Crippen molar-refractivity contribution in [3.8, 4) is 11.1 Å². The molecule has 0 bridgehead atoms. The summed E-state index contributed by atoms with van der Waals surface area (Å²) in [7, 11) is 0. The number of benzene rings is 3. The topological polar surface area (TPSA) is 58.6 Å². The molecule has 3 nitrogen and oxygen atoms in total. The highest BCUT2D eigenvalue weighted by Crippen LogP contribution is 2.31. The minimum absolute atomic E-state index is 0.460. The summed E-state index contributed by atoms with van der Waals surface area (Å²) in [6.07, 6.45) is 3.86. The van der Waals surface area contributed by atoms with Gasteiger partial charge in [-0.1, -0.05) is 77.5 Å². The van der Waals surface area contributed by atoms with E-state index in [4.69, 9.17) is 10.9 Å². The molecule has 0 spiro atoms. The van der Waals surface area contributed by atoms with Crippen molar-refractivity contribution < 1.29 is 5.21 Å². The van der Waals surface area contributed by atoms with Gasteiger partial charge >= 0.3 is 0 Å². The van der Waals surface area contributed by atoms with Gasteiger partial charge in [-0.15, -0.1) is 0 Å². The van der Waals surface area contributed by atoms with Crippen LogP contribution >= 0.6 is 0 Å². The molecule has 0 amide bonds. The molecular weight excluding hydrogens is 356 g/mol. The lowest BCUT2D eigenvalue weighted by molar-refractivity contribution is 0.317. The molecule has 0 fully saturated rings. The fraction of sp³-hybridized carbons (Fsp3) is 0.192. The Morgan fingerprint density at radius 2 is 1.48 bits per heavy atom. The minimum atomic E-state index is 0.460. The van der Waals surface area contributed by atoms with Gasteiger partial charge in [0.25, 0.3) is 0 Å². The zero-order valence-electron chi connectivity index (χ0n) is 17.0. The number of nitrogens with two attached hydrogens (primary N) is 1. The maximum atomic E-state index is 8.82. The third-order valence-electron chi connectivity index (χ3n) is 5.04. The molecule has 0 aromatic heterocycles. The van der Waals surface area contributed by atoms with E-state index in [-0.39, 0.29) is 0 Å². The van der Waals surface area contributed by atoms with E-state index in [2.05, 4.69) is 61.5 Å². The molecule has 3 heteroatoms. The summed E-state index contributed by atoms with van der Waals surface area (Å²) in [5.74, 6) is 0.460. The number of hydrogen-bond acceptors (Lipinski definition) is 3. The monoisotopic (exact) mass is 384 g/mol. The molecule has 4 rings (SSSR count). The third-order valence-corrected chi connectivity index (χ3v) is 5.04. The quantitative estimate of drug-likeness (QED) is 0.298. The van der Waals surface area contributed by atoms with Crippen molar-refractivity contribution in [2.45, 2.75) is 32.6 Å². The smallest absolute Gasteiger partial charge is 0.0801 e. The third kappa shape index (κ3) is 5.82. The second-order valence-corrected chi connectivity index (χ2v) is 7.60. The molecular formula is C26H28N2O. The molecule has 29 heavy (non-hydrogen) atoms. The summed E-state index contributed by atoms with van der Waals surface area (Å²) >= 11 is 0. The van der Waals surface area contributed by atoms with Gasteiger partial charge in [0.1, 0.15) is 0 Å². The Balaban J connectivity index is 0.000000166. The van der Waals surface area contributed by atoms with Gasteiger partial charge in [-0.3, -0.25) is 0 Å². The number of aryl methyl sites for hydroxylation is 1. The van der Waals surface area contributed by atoms with Crippen molar-refractivity contribution in [2.75, 3.05) is 5.73 Å². The molecule has 148 valence electrons. The van der Waals surface area contributed by atoms with Gasteiger partial charge in [-0.05, 0) is 66.6 Å². The van der Waals surface area contributed by atoms with Crippen molar-refractivity contribution in [3.05, 3.63) is 102 Å². The molecule has 3 N–H and O–H groups in total. The molecule has 1 aliphatic rings. The fourth-order valence-corrected chi connectivity index (χ4v) is 3.76. The van der Waals surface area contributed by atoms with Crippen LogP contribution in [0.15, 0.2) is 95.7 Å². The van der Waals surface area contributed by atoms with Crippen LogP contribution in [0.3, 0.4) is 0 Å². The van der Waals surface area contributed by atoms with Crippen LogP contribution in [0.25, 0.3) is 11.1 Å². The number of rotatable bonds is 2. The van der Waals surface area contributed by atoms with E-state index in [1.165, 1.54) is 27.8 Å². The lowest BCUT2D eigenvalue weighted by atomic mass is 9.83. The predicted molar refractivity (Wildman–Crippen MR) is 122 cm³/mol. The maximum absolute atomic E-state index is 8.82. The summed E-state index contributed by atoms with van der Waals surface area (Å²) < 4.78 is 0. The van der Waals surface area contributed by atoms with Gasteiger partial charge in [-0.25, -0.2) is 0 Å². The van der Waals surface area contributed by atoms with Crippen LogP contribution in [0.2, 0.25) is 0 Å². The standard InChI is InChI=1S/C13H15NO.C13H13N/c1-10-7-12(9-13(8-10)14-15)11-5-3-2-4-6-11;1-10-7-12(9-13(14)8-10)11-5-3-2-4-6-11/h2-6,8,12,15H,7,9H2,1H3;2-9H,14H2,1H3. The second-order valence-electron chi connectivity index (χ2n) is 7.60. The Morgan fingerprint density at radius 1 is 0.828 bits per heavy atom. The number of allylic oxidation sites excluding steroid dienone is 2. The lowest BCUT2D eigenvalue weighted by Gasteiger charge is -2.21. The molecule has 3 aromatic rings. The second kappa shape index (κ2) is 9.74. The first-order valence-electron chi connectivity index (χ1n) is 9.91. The average Bonchev–Trinajstić information content (AvgIpc) is 2.74. The summed E-state index contributed by atoms with van der Waals surface area (Å²) in [6.45, 7) is 4.14. The molecule has 0 saturated heterocycles. The Labute approximate surface area is 173 Å². The van der Waals surface area contributed by atoms with Gasteiger partial charge in [0.15, 0.2) is 0 Å². The molecule has 0 radical (unpaired) electrons. The van der Waals surface area contributed by atoms with Crippen LogP contribution in [-0.4, -0.2) is 10.9 Å². The molecule has 1 aliphatic carbocycles. The van der Waals surface area contributed by atoms with E-state index in [1.54, 1.807) is 0 Å². The summed E-state index contributed by atoms with van der Waals surface area (Å²) in [6, 6.07) is 26.8. The number of hydrogen-bond donors (Lipinski definition) is 2. The van der Waals surface area contributed by atoms with Crippen molar-refractivity contribution in [1.82, 2.24) is 0 Å². The van der Waals surface area contributed by atoms with Crippen LogP contribution in [0.5, 0.6) is 0 Å². The van der Waals surface area contributed by atoms with Crippen molar-refractivity contribution in [2.24, 2.45) is 5.16 Å². The first-order valence-corrected chi connectivity index (χ1v) is 9.91. The molecule has 0 saturated carbocycles. The van der Waals surface area contributed by atoms with Crippen LogP contribution in [0, 0.1) is 6.92 Å². The van der Waals surface area contributed by atoms with Crippen LogP contribution < -0.4 is 5.73 Å². The summed E-state index contributed by atoms with van der Waals surface area (Å²) in [4.78, 5) is 0. The lowest BCUT2D eigenvalue weighted by Crippen LogP contribution is -2.12. The van der Waals surface area contributed by atoms with Crippen molar-refractivity contribution in [1.29, 1.82) is 0 Å². The van der Waals surface area contributed by atoms with Gasteiger partial charge < -0.3 is 10.9 Å². The summed E-state index contributed by atoms with van der Waals surface area (Å²) in [5.41, 5.74) is 13.6. The zero-order chi connectivity index (χ0) is 20.6. The van der Waals surface area contributed by atoms with E-state index in [9.17, 15) is 0 Å². The Hall–Kier alpha value is -3.33.